The number of hydrogen-bond donors (Lipinski definition) is 0. The van der Waals surface area contributed by atoms with Crippen LogP contribution in [-0.2, 0) is 4.79 Å². The molecular formula is C9H19ClN2OS. The summed E-state index contributed by atoms with van der Waals surface area (Å²) in [6.45, 7) is 7.16. The Kier molecular flexibility index (Phi) is 7.41. The third-order valence-electron chi connectivity index (χ3n) is 2.44. The number of nitrogens with zero attached hydrogens (tertiary/aromatic N) is 2. The van der Waals surface area contributed by atoms with Crippen LogP contribution in [0.3, 0.4) is 0 Å². The Balaban J connectivity index is 0.00000169. The lowest BCUT2D eigenvalue weighted by Gasteiger charge is -2.33. The summed E-state index contributed by atoms with van der Waals surface area (Å²) in [5, 5.41) is 0. The van der Waals surface area contributed by atoms with Gasteiger partial charge in [-0.2, -0.15) is 11.8 Å². The summed E-state index contributed by atoms with van der Waals surface area (Å²) < 4.78 is 0. The van der Waals surface area contributed by atoms with Crippen LogP contribution in [0.15, 0.2) is 0 Å². The average Bonchev–Trinajstić information content (AvgIpc) is 2.18. The van der Waals surface area contributed by atoms with Crippen LogP contribution in [0.5, 0.6) is 0 Å². The first-order chi connectivity index (χ1) is 6.27. The largest absolute Gasteiger partial charge is 0.339 e. The molecule has 0 aromatic rings. The SMILES string of the molecule is CCN1CCN(C(=O)CSC)CC1.Cl. The third kappa shape index (κ3) is 4.07. The molecule has 0 radical (unpaired) electrons. The maximum atomic E-state index is 11.5. The van der Waals surface area contributed by atoms with Gasteiger partial charge in [0.25, 0.3) is 0 Å². The lowest BCUT2D eigenvalue weighted by atomic mass is 10.3. The molecule has 0 aliphatic carbocycles. The molecule has 1 aliphatic heterocycles. The summed E-state index contributed by atoms with van der Waals surface area (Å²) in [7, 11) is 0. The Hall–Kier alpha value is 0.0700. The molecule has 14 heavy (non-hydrogen) atoms. The molecule has 0 unspecified atom stereocenters. The van der Waals surface area contributed by atoms with Crippen molar-refractivity contribution >= 4 is 30.1 Å². The van der Waals surface area contributed by atoms with E-state index in [1.165, 1.54) is 0 Å². The van der Waals surface area contributed by atoms with Gasteiger partial charge >= 0.3 is 0 Å². The second-order valence-corrected chi connectivity index (χ2v) is 4.11. The zero-order chi connectivity index (χ0) is 9.68. The molecule has 0 saturated carbocycles. The summed E-state index contributed by atoms with van der Waals surface area (Å²) in [5.41, 5.74) is 0. The molecule has 1 aliphatic rings. The average molecular weight is 239 g/mol. The maximum absolute atomic E-state index is 11.5. The van der Waals surface area contributed by atoms with Gasteiger partial charge in [-0.25, -0.2) is 0 Å². The van der Waals surface area contributed by atoms with Crippen LogP contribution in [0.25, 0.3) is 0 Å². The van der Waals surface area contributed by atoms with Crippen LogP contribution < -0.4 is 0 Å². The molecule has 0 aromatic carbocycles. The number of hydrogen-bond acceptors (Lipinski definition) is 3. The number of carbonyl (C=O) groups excluding carboxylic acids is 1. The molecule has 5 heteroatoms. The fraction of sp³-hybridized carbons (Fsp3) is 0.889. The van der Waals surface area contributed by atoms with Gasteiger partial charge in [0.05, 0.1) is 5.75 Å². The van der Waals surface area contributed by atoms with Gasteiger partial charge in [0.2, 0.25) is 5.91 Å². The Morgan fingerprint density at radius 3 is 2.29 bits per heavy atom. The highest BCUT2D eigenvalue weighted by Gasteiger charge is 2.18. The lowest BCUT2D eigenvalue weighted by Crippen LogP contribution is -2.49. The van der Waals surface area contributed by atoms with Crippen LogP contribution >= 0.6 is 24.2 Å². The number of likely N-dealkylation sites (N-methyl/N-ethyl adjacent to an activating group) is 1. The number of rotatable bonds is 3. The minimum Gasteiger partial charge on any atom is -0.339 e. The Morgan fingerprint density at radius 2 is 1.86 bits per heavy atom. The summed E-state index contributed by atoms with van der Waals surface area (Å²) in [6, 6.07) is 0. The van der Waals surface area contributed by atoms with Gasteiger partial charge in [-0.15, -0.1) is 12.4 Å². The molecule has 0 bridgehead atoms. The molecule has 1 heterocycles. The topological polar surface area (TPSA) is 23.6 Å². The van der Waals surface area contributed by atoms with E-state index in [0.717, 1.165) is 32.7 Å². The molecule has 0 aromatic heterocycles. The van der Waals surface area contributed by atoms with Gasteiger partial charge in [0.1, 0.15) is 0 Å². The number of amides is 1. The summed E-state index contributed by atoms with van der Waals surface area (Å²) >= 11 is 1.61. The van der Waals surface area contributed by atoms with Crippen LogP contribution in [0.2, 0.25) is 0 Å². The van der Waals surface area contributed by atoms with Gasteiger partial charge in [0, 0.05) is 26.2 Å². The maximum Gasteiger partial charge on any atom is 0.232 e. The zero-order valence-corrected chi connectivity index (χ0v) is 10.5. The summed E-state index contributed by atoms with van der Waals surface area (Å²) in [5.74, 6) is 0.926. The Labute approximate surface area is 96.6 Å². The minimum absolute atomic E-state index is 0. The van der Waals surface area contributed by atoms with E-state index in [1.54, 1.807) is 11.8 Å². The van der Waals surface area contributed by atoms with Crippen LogP contribution in [0, 0.1) is 0 Å². The molecule has 0 atom stereocenters. The van der Waals surface area contributed by atoms with Crippen molar-refractivity contribution in [3.05, 3.63) is 0 Å². The van der Waals surface area contributed by atoms with Crippen molar-refractivity contribution in [3.63, 3.8) is 0 Å². The van der Waals surface area contributed by atoms with Crippen LogP contribution in [-0.4, -0.2) is 60.4 Å². The van der Waals surface area contributed by atoms with E-state index >= 15 is 0 Å². The molecule has 1 amide bonds. The van der Waals surface area contributed by atoms with E-state index in [9.17, 15) is 4.79 Å². The fourth-order valence-electron chi connectivity index (χ4n) is 1.53. The molecule has 0 spiro atoms. The van der Waals surface area contributed by atoms with E-state index in [0.29, 0.717) is 11.7 Å². The molecule has 1 rings (SSSR count). The number of thioether (sulfide) groups is 1. The fourth-order valence-corrected chi connectivity index (χ4v) is 1.96. The van der Waals surface area contributed by atoms with Crippen molar-refractivity contribution < 1.29 is 4.79 Å². The van der Waals surface area contributed by atoms with Gasteiger partial charge < -0.3 is 9.80 Å². The summed E-state index contributed by atoms with van der Waals surface area (Å²) in [6.07, 6.45) is 1.97. The first-order valence-electron chi connectivity index (χ1n) is 4.77. The van der Waals surface area contributed by atoms with Gasteiger partial charge in [-0.05, 0) is 12.8 Å². The second kappa shape index (κ2) is 7.37. The highest BCUT2D eigenvalue weighted by atomic mass is 35.5. The molecule has 1 fully saturated rings. The predicted octanol–water partition coefficient (Wildman–Crippen LogP) is 0.935. The lowest BCUT2D eigenvalue weighted by molar-refractivity contribution is -0.130. The van der Waals surface area contributed by atoms with Crippen LogP contribution in [0.1, 0.15) is 6.92 Å². The number of halogens is 1. The first kappa shape index (κ1) is 14.1. The predicted molar refractivity (Wildman–Crippen MR) is 64.3 cm³/mol. The van der Waals surface area contributed by atoms with Gasteiger partial charge in [-0.3, -0.25) is 4.79 Å². The van der Waals surface area contributed by atoms with E-state index in [4.69, 9.17) is 0 Å². The van der Waals surface area contributed by atoms with Gasteiger partial charge in [-0.1, -0.05) is 6.92 Å². The normalized spacial score (nSPS) is 17.7. The van der Waals surface area contributed by atoms with Crippen molar-refractivity contribution in [2.24, 2.45) is 0 Å². The van der Waals surface area contributed by atoms with Crippen molar-refractivity contribution in [2.45, 2.75) is 6.92 Å². The van der Waals surface area contributed by atoms with Gasteiger partial charge in [0.15, 0.2) is 0 Å². The zero-order valence-electron chi connectivity index (χ0n) is 8.86. The number of piperazine rings is 1. The molecule has 0 N–H and O–H groups in total. The highest BCUT2D eigenvalue weighted by Crippen LogP contribution is 2.04. The van der Waals surface area contributed by atoms with Crippen LogP contribution in [0.4, 0.5) is 0 Å². The van der Waals surface area contributed by atoms with E-state index in [-0.39, 0.29) is 12.4 Å². The molecular weight excluding hydrogens is 220 g/mol. The Bertz CT molecular complexity index is 172. The standard InChI is InChI=1S/C9H18N2OS.ClH/c1-3-10-4-6-11(7-5-10)9(12)8-13-2;/h3-8H2,1-2H3;1H. The quantitative estimate of drug-likeness (QED) is 0.731. The van der Waals surface area contributed by atoms with Crippen molar-refractivity contribution in [3.8, 4) is 0 Å². The Morgan fingerprint density at radius 1 is 1.29 bits per heavy atom. The second-order valence-electron chi connectivity index (χ2n) is 3.25. The monoisotopic (exact) mass is 238 g/mol. The molecule has 1 saturated heterocycles. The minimum atomic E-state index is 0. The van der Waals surface area contributed by atoms with Crippen molar-refractivity contribution in [1.29, 1.82) is 0 Å². The first-order valence-corrected chi connectivity index (χ1v) is 6.16. The van der Waals surface area contributed by atoms with E-state index < -0.39 is 0 Å². The van der Waals surface area contributed by atoms with E-state index in [2.05, 4.69) is 11.8 Å². The third-order valence-corrected chi connectivity index (χ3v) is 2.98. The smallest absolute Gasteiger partial charge is 0.232 e. The van der Waals surface area contributed by atoms with E-state index in [1.807, 2.05) is 11.2 Å². The van der Waals surface area contributed by atoms with Crippen molar-refractivity contribution in [1.82, 2.24) is 9.80 Å². The highest BCUT2D eigenvalue weighted by molar-refractivity contribution is 7.99. The summed E-state index contributed by atoms with van der Waals surface area (Å²) in [4.78, 5) is 15.8. The molecule has 84 valence electrons. The molecule has 3 nitrogen and oxygen atoms in total. The number of carbonyl (C=O) groups is 1. The van der Waals surface area contributed by atoms with Crippen molar-refractivity contribution in [2.75, 3.05) is 44.7 Å².